The fourth-order valence-corrected chi connectivity index (χ4v) is 29.9. The zero-order valence-electron chi connectivity index (χ0n) is 77.0. The van der Waals surface area contributed by atoms with Crippen LogP contribution in [0.1, 0.15) is 0 Å². The zero-order valence-corrected chi connectivity index (χ0v) is 89.1. The number of hydrogen-bond acceptors (Lipinski definition) is 5. The first kappa shape index (κ1) is 90.1. The lowest BCUT2D eigenvalue weighted by molar-refractivity contribution is 1.59. The van der Waals surface area contributed by atoms with Crippen LogP contribution in [0, 0.1) is 0 Å². The second-order valence-electron chi connectivity index (χ2n) is 36.4. The molecule has 10 heteroatoms. The Morgan fingerprint density at radius 2 is 0.410 bits per heavy atom. The van der Waals surface area contributed by atoms with E-state index in [1.54, 1.807) is 0 Å². The molecule has 0 nitrogen and oxygen atoms in total. The molecule has 30 aromatic rings. The molecule has 0 atom stereocenters. The maximum absolute atomic E-state index is 4.01. The molecule has 0 fully saturated rings. The lowest BCUT2D eigenvalue weighted by Crippen LogP contribution is -1.87. The number of hydrogen-bond donors (Lipinski definition) is 0. The van der Waals surface area contributed by atoms with E-state index < -0.39 is 0 Å². The molecule has 0 saturated carbocycles. The van der Waals surface area contributed by atoms with Gasteiger partial charge in [-0.15, -0.1) is 56.7 Å². The highest BCUT2D eigenvalue weighted by molar-refractivity contribution is 9.11. The van der Waals surface area contributed by atoms with Crippen LogP contribution < -0.4 is 0 Å². The van der Waals surface area contributed by atoms with Crippen LogP contribution in [0.5, 0.6) is 0 Å². The molecule has 0 aliphatic heterocycles. The van der Waals surface area contributed by atoms with Gasteiger partial charge in [-0.2, -0.15) is 0 Å². The fourth-order valence-electron chi connectivity index (χ4n) is 21.1. The van der Waals surface area contributed by atoms with Crippen LogP contribution in [0.4, 0.5) is 0 Å². The molecule has 25 aromatic carbocycles. The molecule has 0 saturated heterocycles. The minimum atomic E-state index is 1.10. The van der Waals surface area contributed by atoms with E-state index in [4.69, 9.17) is 0 Å². The quantitative estimate of drug-likeness (QED) is 0.140. The van der Waals surface area contributed by atoms with Gasteiger partial charge in [-0.05, 0) is 218 Å². The second-order valence-corrected chi connectivity index (χ2v) is 45.9. The number of rotatable bonds is 7. The molecule has 0 aliphatic rings. The standard InChI is InChI=1S/C30H17BrS.2C28H17BrS.C26H15BrS.C22H13BrS/c31-28-23-13-6-4-11-21(23)20-10-3-5-12-22(20)27(28)26-15-7-14-24-25-17-16-18-8-1-2-9-19(18)29(25)32-30(24)26;29-22-14-11-18(12-15-22)20-6-3-7-21(17-20)24-9-4-10-25-26-16-13-19-5-1-2-8-23(19)27(26)30-28(24)25;29-22-15-12-19(13-16-22)18-8-10-21(11-9-18)24-6-3-7-25-26-17-14-20-4-1-2-5-23(20)28(26)30-27(24)25;27-24-15-14-19(18-8-3-4-9-20(18)24)21-10-5-11-22-23-13-12-16-6-1-2-7-17(16)25(23)28-26(21)22;23-17-9-5-14(6-10-17)16-8-11-19-20-12-7-15-3-1-2-4-18(15)22(20)24-21(19)13-16/h1-17H;2*1-17H;1-15H;1-13H. The molecule has 0 aliphatic carbocycles. The monoisotopic (exact) mass is 2240 g/mol. The van der Waals surface area contributed by atoms with Crippen LogP contribution in [0.15, 0.2) is 502 Å². The van der Waals surface area contributed by atoms with Gasteiger partial charge in [-0.25, -0.2) is 0 Å². The average molecular weight is 2250 g/mol. The molecule has 0 radical (unpaired) electrons. The Morgan fingerprint density at radius 3 is 0.854 bits per heavy atom. The van der Waals surface area contributed by atoms with Gasteiger partial charge in [0, 0.05) is 140 Å². The molecule has 0 amide bonds. The summed E-state index contributed by atoms with van der Waals surface area (Å²) in [5, 5.41) is 34.3. The third kappa shape index (κ3) is 16.4. The third-order valence-electron chi connectivity index (χ3n) is 28.1. The molecule has 0 unspecified atom stereocenters. The summed E-state index contributed by atoms with van der Waals surface area (Å²) in [7, 11) is 0. The Hall–Kier alpha value is -13.9. The molecule has 144 heavy (non-hydrogen) atoms. The van der Waals surface area contributed by atoms with Crippen molar-refractivity contribution >= 4 is 323 Å². The Balaban J connectivity index is 0.0000000921. The van der Waals surface area contributed by atoms with Crippen molar-refractivity contribution in [1.82, 2.24) is 0 Å². The first-order valence-corrected chi connectivity index (χ1v) is 55.9. The molecule has 30 rings (SSSR count). The van der Waals surface area contributed by atoms with Crippen molar-refractivity contribution in [2.75, 3.05) is 0 Å². The van der Waals surface area contributed by atoms with E-state index in [-0.39, 0.29) is 0 Å². The number of benzene rings is 25. The highest BCUT2D eigenvalue weighted by Crippen LogP contribution is 2.53. The normalized spacial score (nSPS) is 11.6. The van der Waals surface area contributed by atoms with Gasteiger partial charge in [-0.3, -0.25) is 0 Å². The maximum atomic E-state index is 4.01. The summed E-state index contributed by atoms with van der Waals surface area (Å²) in [6.07, 6.45) is 0. The van der Waals surface area contributed by atoms with Crippen LogP contribution in [-0.4, -0.2) is 0 Å². The van der Waals surface area contributed by atoms with Gasteiger partial charge in [0.2, 0.25) is 0 Å². The lowest BCUT2D eigenvalue weighted by Gasteiger charge is -2.15. The molecule has 5 aromatic heterocycles. The van der Waals surface area contributed by atoms with Gasteiger partial charge < -0.3 is 0 Å². The summed E-state index contributed by atoms with van der Waals surface area (Å²) >= 11 is 27.8. The number of halogens is 5. The van der Waals surface area contributed by atoms with E-state index >= 15 is 0 Å². The summed E-state index contributed by atoms with van der Waals surface area (Å²) in [5.74, 6) is 0. The minimum Gasteiger partial charge on any atom is -0.135 e. The van der Waals surface area contributed by atoms with Crippen molar-refractivity contribution in [3.05, 3.63) is 502 Å². The first-order valence-electron chi connectivity index (χ1n) is 47.9. The molecule has 0 N–H and O–H groups in total. The van der Waals surface area contributed by atoms with E-state index in [0.717, 1.165) is 17.9 Å². The summed E-state index contributed by atoms with van der Waals surface area (Å²) in [6, 6.07) is 173. The SMILES string of the molecule is Brc1c(-c2cccc3c2sc2c4ccccc4ccc32)c2ccccc2c2ccccc12.Brc1ccc(-c2ccc(-c3cccc4c3sc3c5ccccc5ccc43)cc2)cc1.Brc1ccc(-c2ccc3c(c2)sc2c4ccccc4ccc32)cc1.Brc1ccc(-c2cccc(-c3cccc4c3sc3c5ccccc5ccc43)c2)cc1.Brc1ccc(-c2cccc3c2sc2c4ccccc4ccc32)c2ccccc12. The third-order valence-corrected chi connectivity index (χ3v) is 37.6. The Kier molecular flexibility index (Phi) is 24.0. The van der Waals surface area contributed by atoms with Crippen molar-refractivity contribution in [2.45, 2.75) is 0 Å². The van der Waals surface area contributed by atoms with Crippen molar-refractivity contribution in [2.24, 2.45) is 0 Å². The largest absolute Gasteiger partial charge is 0.135 e. The molecule has 5 heterocycles. The van der Waals surface area contributed by atoms with Gasteiger partial charge in [0.25, 0.3) is 0 Å². The number of fused-ring (bicyclic) bond motifs is 29. The molecule has 680 valence electrons. The van der Waals surface area contributed by atoms with E-state index in [9.17, 15) is 0 Å². The average Bonchev–Trinajstić information content (AvgIpc) is 1.52. The van der Waals surface area contributed by atoms with Gasteiger partial charge in [0.05, 0.1) is 0 Å². The lowest BCUT2D eigenvalue weighted by atomic mass is 9.92. The van der Waals surface area contributed by atoms with E-state index in [1.807, 2.05) is 56.7 Å². The van der Waals surface area contributed by atoms with Gasteiger partial charge >= 0.3 is 0 Å². The van der Waals surface area contributed by atoms with Crippen molar-refractivity contribution < 1.29 is 0 Å². The van der Waals surface area contributed by atoms with Gasteiger partial charge in [0.1, 0.15) is 0 Å². The van der Waals surface area contributed by atoms with Crippen LogP contribution in [0.25, 0.3) is 265 Å². The fraction of sp³-hybridized carbons (Fsp3) is 0. The molecular formula is C134H79Br5S5. The van der Waals surface area contributed by atoms with Crippen LogP contribution in [0.3, 0.4) is 0 Å². The molecule has 0 bridgehead atoms. The Morgan fingerprint density at radius 1 is 0.132 bits per heavy atom. The highest BCUT2D eigenvalue weighted by atomic mass is 79.9. The van der Waals surface area contributed by atoms with Crippen LogP contribution >= 0.6 is 136 Å². The summed E-state index contributed by atoms with van der Waals surface area (Å²) in [5.41, 5.74) is 17.8. The van der Waals surface area contributed by atoms with E-state index in [2.05, 4.69) is 559 Å². The van der Waals surface area contributed by atoms with Crippen molar-refractivity contribution in [3.63, 3.8) is 0 Å². The minimum absolute atomic E-state index is 1.10. The Labute approximate surface area is 893 Å². The zero-order chi connectivity index (χ0) is 96.2. The summed E-state index contributed by atoms with van der Waals surface area (Å²) < 4.78 is 19.3. The van der Waals surface area contributed by atoms with Gasteiger partial charge in [0.15, 0.2) is 0 Å². The van der Waals surface area contributed by atoms with Crippen LogP contribution in [-0.2, 0) is 0 Å². The topological polar surface area (TPSA) is 0 Å². The predicted molar refractivity (Wildman–Crippen MR) is 653 cm³/mol. The van der Waals surface area contributed by atoms with E-state index in [0.29, 0.717) is 0 Å². The summed E-state index contributed by atoms with van der Waals surface area (Å²) in [6.45, 7) is 0. The predicted octanol–water partition coefficient (Wildman–Crippen LogP) is 45.0. The van der Waals surface area contributed by atoms with Crippen molar-refractivity contribution in [1.29, 1.82) is 0 Å². The number of thiophene rings is 5. The van der Waals surface area contributed by atoms with Crippen molar-refractivity contribution in [3.8, 4) is 77.9 Å². The molecular weight excluding hydrogens is 2170 g/mol. The van der Waals surface area contributed by atoms with E-state index in [1.165, 1.54) is 269 Å². The van der Waals surface area contributed by atoms with Crippen LogP contribution in [0.2, 0.25) is 0 Å². The first-order chi connectivity index (χ1) is 71.0. The maximum Gasteiger partial charge on any atom is 0.0434 e. The summed E-state index contributed by atoms with van der Waals surface area (Å²) in [4.78, 5) is 0. The highest BCUT2D eigenvalue weighted by Gasteiger charge is 2.23. The van der Waals surface area contributed by atoms with Gasteiger partial charge in [-0.1, -0.05) is 488 Å². The second kappa shape index (κ2) is 38.3. The molecule has 0 spiro atoms. The Bertz CT molecular complexity index is 10400. The smallest absolute Gasteiger partial charge is 0.0434 e.